The quantitative estimate of drug-likeness (QED) is 0.806. The van der Waals surface area contributed by atoms with E-state index in [-0.39, 0.29) is 18.4 Å². The monoisotopic (exact) mass is 282 g/mol. The standard InChI is InChI=1S/C17H18N2O2/c18-17(21)10-11-4-6-12(7-5-11)19-15-9-8-14-13(15)2-1-3-16(14)20/h1-7,15,19-20H,8-10H2,(H2,18,21). The molecule has 1 atom stereocenters. The van der Waals surface area contributed by atoms with Crippen molar-refractivity contribution in [1.82, 2.24) is 0 Å². The highest BCUT2D eigenvalue weighted by atomic mass is 16.3. The molecular formula is C17H18N2O2. The number of nitrogens with two attached hydrogens (primary N) is 1. The minimum atomic E-state index is -0.323. The predicted octanol–water partition coefficient (Wildman–Crippen LogP) is 2.52. The summed E-state index contributed by atoms with van der Waals surface area (Å²) in [6, 6.07) is 13.6. The van der Waals surface area contributed by atoms with Crippen molar-refractivity contribution in [3.63, 3.8) is 0 Å². The summed E-state index contributed by atoms with van der Waals surface area (Å²) in [5, 5.41) is 13.3. The van der Waals surface area contributed by atoms with E-state index in [2.05, 4.69) is 11.4 Å². The molecule has 108 valence electrons. The number of phenols is 1. The second kappa shape index (κ2) is 5.48. The van der Waals surface area contributed by atoms with Crippen molar-refractivity contribution in [1.29, 1.82) is 0 Å². The van der Waals surface area contributed by atoms with E-state index >= 15 is 0 Å². The Bertz CT molecular complexity index is 665. The largest absolute Gasteiger partial charge is 0.508 e. The van der Waals surface area contributed by atoms with E-state index in [1.54, 1.807) is 6.07 Å². The van der Waals surface area contributed by atoms with E-state index in [4.69, 9.17) is 5.73 Å². The number of benzene rings is 2. The third-order valence-electron chi connectivity index (χ3n) is 3.92. The Kier molecular flexibility index (Phi) is 3.52. The van der Waals surface area contributed by atoms with Crippen molar-refractivity contribution in [3.8, 4) is 5.75 Å². The van der Waals surface area contributed by atoms with Gasteiger partial charge in [0.05, 0.1) is 12.5 Å². The number of carbonyl (C=O) groups excluding carboxylic acids is 1. The zero-order chi connectivity index (χ0) is 14.8. The summed E-state index contributed by atoms with van der Waals surface area (Å²) in [4.78, 5) is 10.9. The molecule has 1 amide bonds. The molecule has 0 saturated heterocycles. The minimum absolute atomic E-state index is 0.217. The van der Waals surface area contributed by atoms with Gasteiger partial charge in [-0.1, -0.05) is 24.3 Å². The Labute approximate surface area is 123 Å². The molecule has 0 heterocycles. The molecule has 3 rings (SSSR count). The second-order valence-electron chi connectivity index (χ2n) is 5.42. The molecule has 4 nitrogen and oxygen atoms in total. The van der Waals surface area contributed by atoms with Gasteiger partial charge in [0.15, 0.2) is 0 Å². The van der Waals surface area contributed by atoms with Crippen LogP contribution in [0.1, 0.15) is 29.2 Å². The maximum Gasteiger partial charge on any atom is 0.221 e. The number of hydrogen-bond donors (Lipinski definition) is 3. The first-order valence-corrected chi connectivity index (χ1v) is 7.08. The van der Waals surface area contributed by atoms with Crippen molar-refractivity contribution in [3.05, 3.63) is 59.2 Å². The van der Waals surface area contributed by atoms with Crippen LogP contribution in [-0.2, 0) is 17.6 Å². The van der Waals surface area contributed by atoms with Gasteiger partial charge >= 0.3 is 0 Å². The summed E-state index contributed by atoms with van der Waals surface area (Å²) in [6.07, 6.45) is 2.12. The molecule has 1 aliphatic carbocycles. The molecule has 21 heavy (non-hydrogen) atoms. The third-order valence-corrected chi connectivity index (χ3v) is 3.92. The molecule has 4 N–H and O–H groups in total. The number of phenolic OH excluding ortho intramolecular Hbond substituents is 1. The van der Waals surface area contributed by atoms with Crippen LogP contribution in [0.2, 0.25) is 0 Å². The first-order valence-electron chi connectivity index (χ1n) is 7.08. The minimum Gasteiger partial charge on any atom is -0.508 e. The van der Waals surface area contributed by atoms with Crippen molar-refractivity contribution < 1.29 is 9.90 Å². The van der Waals surface area contributed by atoms with E-state index in [1.165, 1.54) is 0 Å². The average Bonchev–Trinajstić information content (AvgIpc) is 2.85. The first-order chi connectivity index (χ1) is 10.1. The Balaban J connectivity index is 1.74. The molecule has 0 saturated carbocycles. The predicted molar refractivity (Wildman–Crippen MR) is 82.1 cm³/mol. The van der Waals surface area contributed by atoms with Crippen molar-refractivity contribution >= 4 is 11.6 Å². The highest BCUT2D eigenvalue weighted by Gasteiger charge is 2.24. The van der Waals surface area contributed by atoms with Crippen LogP contribution in [0.4, 0.5) is 5.69 Å². The second-order valence-corrected chi connectivity index (χ2v) is 5.42. The number of anilines is 1. The highest BCUT2D eigenvalue weighted by Crippen LogP contribution is 2.38. The van der Waals surface area contributed by atoms with Gasteiger partial charge in [-0.15, -0.1) is 0 Å². The molecule has 1 unspecified atom stereocenters. The summed E-state index contributed by atoms with van der Waals surface area (Å²) < 4.78 is 0. The third kappa shape index (κ3) is 2.84. The number of fused-ring (bicyclic) bond motifs is 1. The van der Waals surface area contributed by atoms with E-state index < -0.39 is 0 Å². The molecule has 0 spiro atoms. The number of rotatable bonds is 4. The van der Waals surface area contributed by atoms with Crippen molar-refractivity contribution in [2.75, 3.05) is 5.32 Å². The van der Waals surface area contributed by atoms with Gasteiger partial charge in [-0.3, -0.25) is 4.79 Å². The van der Waals surface area contributed by atoms with Gasteiger partial charge < -0.3 is 16.2 Å². The molecule has 0 aliphatic heterocycles. The Hall–Kier alpha value is -2.49. The van der Waals surface area contributed by atoms with Crippen LogP contribution >= 0.6 is 0 Å². The summed E-state index contributed by atoms with van der Waals surface area (Å²) in [5.74, 6) is 0.0597. The molecule has 1 aliphatic rings. The zero-order valence-corrected chi connectivity index (χ0v) is 11.7. The number of hydrogen-bond acceptors (Lipinski definition) is 3. The normalized spacial score (nSPS) is 16.5. The lowest BCUT2D eigenvalue weighted by Crippen LogP contribution is -2.13. The lowest BCUT2D eigenvalue weighted by atomic mass is 10.1. The summed E-state index contributed by atoms with van der Waals surface area (Å²) in [5.41, 5.74) is 9.31. The number of carbonyl (C=O) groups is 1. The number of nitrogens with one attached hydrogen (secondary N) is 1. The topological polar surface area (TPSA) is 75.4 Å². The Morgan fingerprint density at radius 3 is 2.71 bits per heavy atom. The molecule has 2 aromatic carbocycles. The summed E-state index contributed by atoms with van der Waals surface area (Å²) in [6.45, 7) is 0. The van der Waals surface area contributed by atoms with E-state index in [0.29, 0.717) is 5.75 Å². The summed E-state index contributed by atoms with van der Waals surface area (Å²) in [7, 11) is 0. The SMILES string of the molecule is NC(=O)Cc1ccc(NC2CCc3c(O)cccc32)cc1. The van der Waals surface area contributed by atoms with Gasteiger partial charge in [0.25, 0.3) is 0 Å². The fourth-order valence-electron chi connectivity index (χ4n) is 2.91. The van der Waals surface area contributed by atoms with E-state index in [9.17, 15) is 9.90 Å². The number of primary amides is 1. The van der Waals surface area contributed by atoms with Gasteiger partial charge in [0.1, 0.15) is 5.75 Å². The maximum atomic E-state index is 10.9. The molecule has 0 aromatic heterocycles. The fourth-order valence-corrected chi connectivity index (χ4v) is 2.91. The van der Waals surface area contributed by atoms with Gasteiger partial charge in [0, 0.05) is 5.69 Å². The van der Waals surface area contributed by atoms with Crippen LogP contribution in [0.5, 0.6) is 5.75 Å². The average molecular weight is 282 g/mol. The van der Waals surface area contributed by atoms with E-state index in [0.717, 1.165) is 35.2 Å². The van der Waals surface area contributed by atoms with Crippen molar-refractivity contribution in [2.24, 2.45) is 5.73 Å². The lowest BCUT2D eigenvalue weighted by molar-refractivity contribution is -0.117. The van der Waals surface area contributed by atoms with Crippen LogP contribution in [0.25, 0.3) is 0 Å². The smallest absolute Gasteiger partial charge is 0.221 e. The molecule has 0 radical (unpaired) electrons. The van der Waals surface area contributed by atoms with Gasteiger partial charge in [0.2, 0.25) is 5.91 Å². The van der Waals surface area contributed by atoms with Crippen molar-refractivity contribution in [2.45, 2.75) is 25.3 Å². The van der Waals surface area contributed by atoms with E-state index in [1.807, 2.05) is 30.3 Å². The number of amides is 1. The Morgan fingerprint density at radius 2 is 2.00 bits per heavy atom. The van der Waals surface area contributed by atoms with Crippen LogP contribution in [0.15, 0.2) is 42.5 Å². The molecule has 0 bridgehead atoms. The Morgan fingerprint density at radius 1 is 1.24 bits per heavy atom. The molecular weight excluding hydrogens is 264 g/mol. The number of aromatic hydroxyl groups is 1. The molecule has 2 aromatic rings. The van der Waals surface area contributed by atoms with Crippen LogP contribution in [0, 0.1) is 0 Å². The lowest BCUT2D eigenvalue weighted by Gasteiger charge is -2.16. The van der Waals surface area contributed by atoms with Gasteiger partial charge in [-0.2, -0.15) is 0 Å². The van der Waals surface area contributed by atoms with Crippen LogP contribution < -0.4 is 11.1 Å². The molecule has 4 heteroatoms. The van der Waals surface area contributed by atoms with Gasteiger partial charge in [-0.25, -0.2) is 0 Å². The van der Waals surface area contributed by atoms with Crippen LogP contribution in [0.3, 0.4) is 0 Å². The zero-order valence-electron chi connectivity index (χ0n) is 11.7. The maximum absolute atomic E-state index is 10.9. The fraction of sp³-hybridized carbons (Fsp3) is 0.235. The first kappa shape index (κ1) is 13.5. The van der Waals surface area contributed by atoms with Gasteiger partial charge in [-0.05, 0) is 47.7 Å². The molecule has 0 fully saturated rings. The summed E-state index contributed by atoms with van der Waals surface area (Å²) >= 11 is 0. The highest BCUT2D eigenvalue weighted by molar-refractivity contribution is 5.76. The van der Waals surface area contributed by atoms with Crippen LogP contribution in [-0.4, -0.2) is 11.0 Å².